The van der Waals surface area contributed by atoms with Crippen LogP contribution < -0.4 is 10.1 Å². The number of rotatable bonds is 7. The molecule has 4 nitrogen and oxygen atoms in total. The second-order valence-corrected chi connectivity index (χ2v) is 7.06. The molecule has 0 saturated carbocycles. The maximum atomic E-state index is 5.77. The number of hydrogen-bond acceptors (Lipinski definition) is 5. The van der Waals surface area contributed by atoms with Crippen molar-refractivity contribution in [2.24, 2.45) is 0 Å². The lowest BCUT2D eigenvalue weighted by molar-refractivity contribution is 0.242. The summed E-state index contributed by atoms with van der Waals surface area (Å²) < 4.78 is 5.77. The van der Waals surface area contributed by atoms with Gasteiger partial charge in [0.05, 0.1) is 17.5 Å². The van der Waals surface area contributed by atoms with E-state index in [1.165, 1.54) is 5.56 Å². The molecule has 130 valence electrons. The predicted molar refractivity (Wildman–Crippen MR) is 103 cm³/mol. The zero-order chi connectivity index (χ0) is 17.6. The molecule has 2 heterocycles. The molecular formula is C20H23N3OS. The van der Waals surface area contributed by atoms with Crippen molar-refractivity contribution in [1.82, 2.24) is 15.3 Å². The van der Waals surface area contributed by atoms with Crippen molar-refractivity contribution in [3.63, 3.8) is 0 Å². The van der Waals surface area contributed by atoms with Crippen molar-refractivity contribution in [1.29, 1.82) is 0 Å². The summed E-state index contributed by atoms with van der Waals surface area (Å²) in [6, 6.07) is 14.3. The average Bonchev–Trinajstić information content (AvgIpc) is 3.09. The molecule has 1 aromatic carbocycles. The molecule has 0 aliphatic rings. The van der Waals surface area contributed by atoms with Crippen molar-refractivity contribution < 1.29 is 4.74 Å². The standard InChI is InChI=1S/C20H23N3OS/c1-14(2)24-18-8-6-7-16(11-18)15(3)22-12-17-13-25-20(23-17)19-9-4-5-10-21-19/h4-11,13-15,22H,12H2,1-3H3. The summed E-state index contributed by atoms with van der Waals surface area (Å²) in [5.41, 5.74) is 3.16. The Morgan fingerprint density at radius 3 is 2.76 bits per heavy atom. The van der Waals surface area contributed by atoms with E-state index in [4.69, 9.17) is 4.74 Å². The second-order valence-electron chi connectivity index (χ2n) is 6.20. The number of thiazole rings is 1. The number of aromatic nitrogens is 2. The smallest absolute Gasteiger partial charge is 0.142 e. The van der Waals surface area contributed by atoms with Gasteiger partial charge in [-0.3, -0.25) is 4.98 Å². The molecule has 0 spiro atoms. The van der Waals surface area contributed by atoms with Crippen molar-refractivity contribution in [2.45, 2.75) is 39.5 Å². The van der Waals surface area contributed by atoms with E-state index in [9.17, 15) is 0 Å². The van der Waals surface area contributed by atoms with E-state index in [1.807, 2.05) is 44.2 Å². The minimum absolute atomic E-state index is 0.179. The van der Waals surface area contributed by atoms with Crippen LogP contribution in [0.4, 0.5) is 0 Å². The average molecular weight is 353 g/mol. The van der Waals surface area contributed by atoms with Gasteiger partial charge in [0.2, 0.25) is 0 Å². The maximum absolute atomic E-state index is 5.77. The number of hydrogen-bond donors (Lipinski definition) is 1. The summed E-state index contributed by atoms with van der Waals surface area (Å²) in [6.07, 6.45) is 1.97. The van der Waals surface area contributed by atoms with Gasteiger partial charge in [0.15, 0.2) is 0 Å². The summed E-state index contributed by atoms with van der Waals surface area (Å²) in [6.45, 7) is 6.95. The van der Waals surface area contributed by atoms with E-state index >= 15 is 0 Å². The SMILES string of the molecule is CC(C)Oc1cccc(C(C)NCc2csc(-c3ccccn3)n2)c1. The van der Waals surface area contributed by atoms with Gasteiger partial charge >= 0.3 is 0 Å². The first-order chi connectivity index (χ1) is 12.1. The van der Waals surface area contributed by atoms with Gasteiger partial charge in [-0.25, -0.2) is 4.98 Å². The van der Waals surface area contributed by atoms with Crippen LogP contribution in [-0.4, -0.2) is 16.1 Å². The molecule has 0 bridgehead atoms. The molecule has 0 saturated heterocycles. The third-order valence-electron chi connectivity index (χ3n) is 3.76. The molecule has 1 N–H and O–H groups in total. The van der Waals surface area contributed by atoms with Gasteiger partial charge < -0.3 is 10.1 Å². The molecule has 0 aliphatic heterocycles. The van der Waals surface area contributed by atoms with Gasteiger partial charge in [0.1, 0.15) is 10.8 Å². The molecule has 3 rings (SSSR count). The summed E-state index contributed by atoms with van der Waals surface area (Å²) in [5.74, 6) is 0.909. The van der Waals surface area contributed by atoms with Gasteiger partial charge in [-0.2, -0.15) is 0 Å². The molecule has 2 aromatic heterocycles. The highest BCUT2D eigenvalue weighted by Gasteiger charge is 2.09. The second kappa shape index (κ2) is 8.23. The Morgan fingerprint density at radius 2 is 2.00 bits per heavy atom. The fourth-order valence-corrected chi connectivity index (χ4v) is 3.30. The van der Waals surface area contributed by atoms with Crippen LogP contribution in [-0.2, 0) is 6.54 Å². The van der Waals surface area contributed by atoms with Crippen LogP contribution >= 0.6 is 11.3 Å². The Bertz CT molecular complexity index is 801. The largest absolute Gasteiger partial charge is 0.491 e. The zero-order valence-electron chi connectivity index (χ0n) is 14.8. The fraction of sp³-hybridized carbons (Fsp3) is 0.300. The van der Waals surface area contributed by atoms with Crippen LogP contribution in [0.3, 0.4) is 0 Å². The molecule has 25 heavy (non-hydrogen) atoms. The minimum Gasteiger partial charge on any atom is -0.491 e. The van der Waals surface area contributed by atoms with E-state index in [0.717, 1.165) is 28.7 Å². The first-order valence-corrected chi connectivity index (χ1v) is 9.35. The molecule has 0 amide bonds. The predicted octanol–water partition coefficient (Wildman–Crippen LogP) is 4.84. The van der Waals surface area contributed by atoms with Gasteiger partial charge in [-0.1, -0.05) is 18.2 Å². The number of pyridine rings is 1. The lowest BCUT2D eigenvalue weighted by Crippen LogP contribution is -2.18. The Balaban J connectivity index is 1.61. The van der Waals surface area contributed by atoms with Crippen molar-refractivity contribution in [3.05, 3.63) is 65.3 Å². The highest BCUT2D eigenvalue weighted by atomic mass is 32.1. The number of nitrogens with zero attached hydrogens (tertiary/aromatic N) is 2. The van der Waals surface area contributed by atoms with Gasteiger partial charge in [-0.15, -0.1) is 11.3 Å². The summed E-state index contributed by atoms with van der Waals surface area (Å²) >= 11 is 1.63. The van der Waals surface area contributed by atoms with E-state index in [0.29, 0.717) is 0 Å². The van der Waals surface area contributed by atoms with Gasteiger partial charge in [0.25, 0.3) is 0 Å². The molecule has 0 aliphatic carbocycles. The molecule has 5 heteroatoms. The minimum atomic E-state index is 0.179. The molecule has 1 unspecified atom stereocenters. The van der Waals surface area contributed by atoms with E-state index < -0.39 is 0 Å². The van der Waals surface area contributed by atoms with Crippen molar-refractivity contribution >= 4 is 11.3 Å². The van der Waals surface area contributed by atoms with Crippen LogP contribution in [0.1, 0.15) is 38.1 Å². The van der Waals surface area contributed by atoms with Crippen molar-refractivity contribution in [3.8, 4) is 16.5 Å². The molecule has 3 aromatic rings. The molecule has 0 fully saturated rings. The fourth-order valence-electron chi connectivity index (χ4n) is 2.50. The zero-order valence-corrected chi connectivity index (χ0v) is 15.6. The number of benzene rings is 1. The van der Waals surface area contributed by atoms with E-state index in [2.05, 4.69) is 39.7 Å². The summed E-state index contributed by atoms with van der Waals surface area (Å²) in [4.78, 5) is 9.02. The number of nitrogens with one attached hydrogen (secondary N) is 1. The highest BCUT2D eigenvalue weighted by Crippen LogP contribution is 2.23. The monoisotopic (exact) mass is 353 g/mol. The first-order valence-electron chi connectivity index (χ1n) is 8.47. The highest BCUT2D eigenvalue weighted by molar-refractivity contribution is 7.13. The van der Waals surface area contributed by atoms with Crippen LogP contribution in [0.2, 0.25) is 0 Å². The Hall–Kier alpha value is -2.24. The number of ether oxygens (including phenoxy) is 1. The van der Waals surface area contributed by atoms with Crippen LogP contribution in [0, 0.1) is 0 Å². The molecule has 0 radical (unpaired) electrons. The molecular weight excluding hydrogens is 330 g/mol. The lowest BCUT2D eigenvalue weighted by atomic mass is 10.1. The maximum Gasteiger partial charge on any atom is 0.142 e. The quantitative estimate of drug-likeness (QED) is 0.660. The van der Waals surface area contributed by atoms with Gasteiger partial charge in [-0.05, 0) is 50.6 Å². The van der Waals surface area contributed by atoms with Gasteiger partial charge in [0, 0.05) is 24.2 Å². The Labute approximate surface area is 152 Å². The summed E-state index contributed by atoms with van der Waals surface area (Å²) in [7, 11) is 0. The van der Waals surface area contributed by atoms with Crippen LogP contribution in [0.15, 0.2) is 54.0 Å². The van der Waals surface area contributed by atoms with Crippen LogP contribution in [0.5, 0.6) is 5.75 Å². The first kappa shape index (κ1) is 17.6. The topological polar surface area (TPSA) is 47.0 Å². The molecule has 1 atom stereocenters. The summed E-state index contributed by atoms with van der Waals surface area (Å²) in [5, 5.41) is 6.57. The Kier molecular flexibility index (Phi) is 5.79. The van der Waals surface area contributed by atoms with Crippen LogP contribution in [0.25, 0.3) is 10.7 Å². The lowest BCUT2D eigenvalue weighted by Gasteiger charge is -2.16. The normalized spacial score (nSPS) is 12.3. The van der Waals surface area contributed by atoms with E-state index in [-0.39, 0.29) is 12.1 Å². The Morgan fingerprint density at radius 1 is 1.12 bits per heavy atom. The van der Waals surface area contributed by atoms with Crippen molar-refractivity contribution in [2.75, 3.05) is 0 Å². The third kappa shape index (κ3) is 4.87. The van der Waals surface area contributed by atoms with E-state index in [1.54, 1.807) is 17.5 Å². The third-order valence-corrected chi connectivity index (χ3v) is 4.67.